The summed E-state index contributed by atoms with van der Waals surface area (Å²) in [5.74, 6) is 0. The lowest BCUT2D eigenvalue weighted by atomic mass is 10.1. The molecule has 0 unspecified atom stereocenters. The van der Waals surface area contributed by atoms with Crippen molar-refractivity contribution in [1.82, 2.24) is 5.32 Å². The average molecular weight is 233 g/mol. The van der Waals surface area contributed by atoms with Gasteiger partial charge in [-0.3, -0.25) is 0 Å². The molecule has 3 rings (SSSR count). The van der Waals surface area contributed by atoms with Gasteiger partial charge in [-0.25, -0.2) is 0 Å². The van der Waals surface area contributed by atoms with Crippen LogP contribution < -0.4 is 15.8 Å². The Hall–Kier alpha value is -2.28. The quantitative estimate of drug-likeness (QED) is 0.793. The molecule has 0 saturated heterocycles. The molecule has 0 fully saturated rings. The van der Waals surface area contributed by atoms with E-state index in [4.69, 9.17) is 0 Å². The minimum atomic E-state index is 0.911. The highest BCUT2D eigenvalue weighted by Crippen LogP contribution is 2.21. The molecule has 0 amide bonds. The number of allylic oxidation sites excluding steroid dienone is 1. The van der Waals surface area contributed by atoms with Crippen molar-refractivity contribution >= 4 is 11.8 Å². The molecule has 1 heteroatoms. The maximum atomic E-state index is 3.78. The Morgan fingerprint density at radius 1 is 1.00 bits per heavy atom. The van der Waals surface area contributed by atoms with Crippen molar-refractivity contribution in [2.24, 2.45) is 0 Å². The topological polar surface area (TPSA) is 12.0 Å². The smallest absolute Gasteiger partial charge is 0.0499 e. The molecular weight excluding hydrogens is 218 g/mol. The zero-order valence-electron chi connectivity index (χ0n) is 10.2. The van der Waals surface area contributed by atoms with Gasteiger partial charge in [-0.1, -0.05) is 67.3 Å². The molecule has 2 aromatic carbocycles. The van der Waals surface area contributed by atoms with Crippen molar-refractivity contribution in [3.8, 4) is 0 Å². The molecule has 1 aliphatic rings. The summed E-state index contributed by atoms with van der Waals surface area (Å²) in [5.41, 5.74) is 3.89. The fourth-order valence-corrected chi connectivity index (χ4v) is 2.43. The highest BCUT2D eigenvalue weighted by Gasteiger charge is 2.14. The largest absolute Gasteiger partial charge is 0.380 e. The van der Waals surface area contributed by atoms with Crippen LogP contribution in [0.2, 0.25) is 0 Å². The van der Waals surface area contributed by atoms with Gasteiger partial charge in [0.2, 0.25) is 0 Å². The SMILES string of the molecule is C=C/C=c1/cccc/c1=C1/NCc2ccccc21. The molecule has 0 aliphatic carbocycles. The van der Waals surface area contributed by atoms with E-state index in [2.05, 4.69) is 60.4 Å². The van der Waals surface area contributed by atoms with Crippen LogP contribution >= 0.6 is 0 Å². The van der Waals surface area contributed by atoms with Gasteiger partial charge in [-0.2, -0.15) is 0 Å². The van der Waals surface area contributed by atoms with Crippen LogP contribution in [-0.4, -0.2) is 0 Å². The Kier molecular flexibility index (Phi) is 2.73. The summed E-state index contributed by atoms with van der Waals surface area (Å²) >= 11 is 0. The molecule has 1 heterocycles. The summed E-state index contributed by atoms with van der Waals surface area (Å²) in [6.45, 7) is 4.69. The van der Waals surface area contributed by atoms with E-state index in [0.29, 0.717) is 0 Å². The van der Waals surface area contributed by atoms with Gasteiger partial charge in [0.25, 0.3) is 0 Å². The van der Waals surface area contributed by atoms with Crippen molar-refractivity contribution in [3.05, 3.63) is 82.8 Å². The highest BCUT2D eigenvalue weighted by atomic mass is 14.9. The summed E-state index contributed by atoms with van der Waals surface area (Å²) in [5, 5.41) is 5.94. The summed E-state index contributed by atoms with van der Waals surface area (Å²) in [7, 11) is 0. The third-order valence-corrected chi connectivity index (χ3v) is 3.27. The Morgan fingerprint density at radius 2 is 1.78 bits per heavy atom. The maximum Gasteiger partial charge on any atom is 0.0499 e. The summed E-state index contributed by atoms with van der Waals surface area (Å²) in [6.07, 6.45) is 3.88. The number of rotatable bonds is 1. The fourth-order valence-electron chi connectivity index (χ4n) is 2.43. The van der Waals surface area contributed by atoms with E-state index in [1.165, 1.54) is 27.3 Å². The molecule has 0 radical (unpaired) electrons. The van der Waals surface area contributed by atoms with E-state index < -0.39 is 0 Å². The van der Waals surface area contributed by atoms with Crippen molar-refractivity contribution in [2.45, 2.75) is 6.54 Å². The van der Waals surface area contributed by atoms with Gasteiger partial charge in [0, 0.05) is 23.0 Å². The first-order valence-corrected chi connectivity index (χ1v) is 6.14. The lowest BCUT2D eigenvalue weighted by Crippen LogP contribution is -2.29. The number of nitrogens with one attached hydrogen (secondary N) is 1. The molecule has 0 spiro atoms. The summed E-state index contributed by atoms with van der Waals surface area (Å²) in [6, 6.07) is 16.9. The van der Waals surface area contributed by atoms with Crippen LogP contribution in [-0.2, 0) is 6.54 Å². The molecule has 88 valence electrons. The van der Waals surface area contributed by atoms with E-state index in [-0.39, 0.29) is 0 Å². The third-order valence-electron chi connectivity index (χ3n) is 3.27. The van der Waals surface area contributed by atoms with Gasteiger partial charge in [0.05, 0.1) is 0 Å². The molecule has 0 aromatic heterocycles. The molecule has 1 N–H and O–H groups in total. The van der Waals surface area contributed by atoms with E-state index in [0.717, 1.165) is 6.54 Å². The van der Waals surface area contributed by atoms with Crippen LogP contribution in [0.1, 0.15) is 11.1 Å². The molecule has 0 bridgehead atoms. The third kappa shape index (κ3) is 1.74. The van der Waals surface area contributed by atoms with Crippen molar-refractivity contribution in [3.63, 3.8) is 0 Å². The first-order valence-electron chi connectivity index (χ1n) is 6.14. The van der Waals surface area contributed by atoms with Gasteiger partial charge in [0.1, 0.15) is 0 Å². The normalized spacial score (nSPS) is 17.2. The van der Waals surface area contributed by atoms with Gasteiger partial charge < -0.3 is 5.32 Å². The number of hydrogen-bond donors (Lipinski definition) is 1. The van der Waals surface area contributed by atoms with Crippen LogP contribution in [0.25, 0.3) is 11.8 Å². The van der Waals surface area contributed by atoms with Gasteiger partial charge >= 0.3 is 0 Å². The minimum absolute atomic E-state index is 0.911. The summed E-state index contributed by atoms with van der Waals surface area (Å²) < 4.78 is 0. The van der Waals surface area contributed by atoms with Crippen molar-refractivity contribution in [1.29, 1.82) is 0 Å². The number of benzene rings is 2. The molecular formula is C17H15N. The zero-order chi connectivity index (χ0) is 12.4. The Bertz CT molecular complexity index is 710. The van der Waals surface area contributed by atoms with Gasteiger partial charge in [-0.05, 0) is 10.8 Å². The van der Waals surface area contributed by atoms with E-state index >= 15 is 0 Å². The van der Waals surface area contributed by atoms with Gasteiger partial charge in [-0.15, -0.1) is 0 Å². The first kappa shape index (κ1) is 10.8. The van der Waals surface area contributed by atoms with Crippen molar-refractivity contribution < 1.29 is 0 Å². The van der Waals surface area contributed by atoms with E-state index in [1.807, 2.05) is 12.2 Å². The maximum absolute atomic E-state index is 3.78. The Labute approximate surface area is 107 Å². The number of fused-ring (bicyclic) bond motifs is 1. The van der Waals surface area contributed by atoms with Gasteiger partial charge in [0.15, 0.2) is 0 Å². The molecule has 0 atom stereocenters. The standard InChI is InChI=1S/C17H15N/c1-2-7-13-8-3-5-10-15(13)17-16-11-6-4-9-14(16)12-18-17/h2-11,18H,1,12H2/b13-7-,17-15-. The summed E-state index contributed by atoms with van der Waals surface area (Å²) in [4.78, 5) is 0. The minimum Gasteiger partial charge on any atom is -0.380 e. The predicted octanol–water partition coefficient (Wildman–Crippen LogP) is 1.91. The lowest BCUT2D eigenvalue weighted by molar-refractivity contribution is 0.939. The Morgan fingerprint density at radius 3 is 2.67 bits per heavy atom. The lowest BCUT2D eigenvalue weighted by Gasteiger charge is -2.01. The second-order valence-corrected chi connectivity index (χ2v) is 4.38. The predicted molar refractivity (Wildman–Crippen MR) is 76.1 cm³/mol. The molecule has 1 aliphatic heterocycles. The van der Waals surface area contributed by atoms with E-state index in [9.17, 15) is 0 Å². The molecule has 2 aromatic rings. The van der Waals surface area contributed by atoms with Crippen LogP contribution in [0, 0.1) is 0 Å². The van der Waals surface area contributed by atoms with Crippen LogP contribution in [0.4, 0.5) is 0 Å². The zero-order valence-corrected chi connectivity index (χ0v) is 10.2. The van der Waals surface area contributed by atoms with Crippen LogP contribution in [0.15, 0.2) is 61.2 Å². The van der Waals surface area contributed by atoms with E-state index in [1.54, 1.807) is 0 Å². The Balaban J connectivity index is 2.37. The van der Waals surface area contributed by atoms with Crippen molar-refractivity contribution in [2.75, 3.05) is 0 Å². The highest BCUT2D eigenvalue weighted by molar-refractivity contribution is 5.70. The molecule has 18 heavy (non-hydrogen) atoms. The molecule has 1 nitrogen and oxygen atoms in total. The monoisotopic (exact) mass is 233 g/mol. The first-order chi connectivity index (χ1) is 8.90. The molecule has 0 saturated carbocycles. The average Bonchev–Trinajstić information content (AvgIpc) is 2.84. The second-order valence-electron chi connectivity index (χ2n) is 4.38. The second kappa shape index (κ2) is 4.53. The fraction of sp³-hybridized carbons (Fsp3) is 0.0588. The number of hydrogen-bond acceptors (Lipinski definition) is 1. The van der Waals surface area contributed by atoms with Crippen LogP contribution in [0.5, 0.6) is 0 Å². The van der Waals surface area contributed by atoms with Crippen LogP contribution in [0.3, 0.4) is 0 Å².